The Labute approximate surface area is 132 Å². The maximum atomic E-state index is 5.82. The van der Waals surface area contributed by atoms with Gasteiger partial charge in [-0.15, -0.1) is 0 Å². The molecule has 3 rings (SSSR count). The van der Waals surface area contributed by atoms with Crippen molar-refractivity contribution < 1.29 is 4.42 Å². The van der Waals surface area contributed by atoms with Crippen LogP contribution >= 0.6 is 27.7 Å². The van der Waals surface area contributed by atoms with Crippen LogP contribution < -0.4 is 0 Å². The van der Waals surface area contributed by atoms with Gasteiger partial charge >= 0.3 is 0 Å². The van der Waals surface area contributed by atoms with Crippen molar-refractivity contribution in [3.63, 3.8) is 0 Å². The molecule has 1 aromatic heterocycles. The number of aromatic nitrogens is 1. The van der Waals surface area contributed by atoms with Gasteiger partial charge < -0.3 is 4.42 Å². The zero-order valence-corrected chi connectivity index (χ0v) is 14.0. The summed E-state index contributed by atoms with van der Waals surface area (Å²) in [6.45, 7) is 0. The molecule has 0 amide bonds. The molecule has 4 heteroatoms. The number of alkyl halides is 1. The van der Waals surface area contributed by atoms with E-state index in [1.807, 2.05) is 24.3 Å². The van der Waals surface area contributed by atoms with Crippen LogP contribution in [0.3, 0.4) is 0 Å². The molecule has 0 saturated heterocycles. The molecule has 0 unspecified atom stereocenters. The molecule has 2 aromatic rings. The van der Waals surface area contributed by atoms with Crippen molar-refractivity contribution in [1.82, 2.24) is 4.98 Å². The van der Waals surface area contributed by atoms with Gasteiger partial charge in [0.25, 0.3) is 5.22 Å². The summed E-state index contributed by atoms with van der Waals surface area (Å²) in [5.41, 5.74) is 2.27. The summed E-state index contributed by atoms with van der Waals surface area (Å²) in [4.78, 5) is 4.57. The van der Waals surface area contributed by atoms with Crippen molar-refractivity contribution in [2.75, 3.05) is 11.1 Å². The van der Waals surface area contributed by atoms with E-state index in [4.69, 9.17) is 4.42 Å². The summed E-state index contributed by atoms with van der Waals surface area (Å²) in [5.74, 6) is 1.10. The summed E-state index contributed by atoms with van der Waals surface area (Å²) >= 11 is 5.52. The van der Waals surface area contributed by atoms with E-state index in [9.17, 15) is 0 Å². The normalized spacial score (nSPS) is 19.1. The minimum atomic E-state index is 0.418. The zero-order valence-electron chi connectivity index (χ0n) is 11.6. The van der Waals surface area contributed by atoms with Gasteiger partial charge in [-0.25, -0.2) is 4.98 Å². The highest BCUT2D eigenvalue weighted by Gasteiger charge is 2.30. The lowest BCUT2D eigenvalue weighted by Crippen LogP contribution is -2.25. The number of hydrogen-bond acceptors (Lipinski definition) is 3. The zero-order chi connectivity index (χ0) is 13.8. The van der Waals surface area contributed by atoms with Gasteiger partial charge in [-0.1, -0.05) is 65.5 Å². The van der Waals surface area contributed by atoms with Gasteiger partial charge in [0, 0.05) is 11.1 Å². The number of para-hydroxylation sites is 2. The Morgan fingerprint density at radius 1 is 1.15 bits per heavy atom. The van der Waals surface area contributed by atoms with Gasteiger partial charge in [-0.2, -0.15) is 0 Å². The van der Waals surface area contributed by atoms with E-state index in [-0.39, 0.29) is 0 Å². The lowest BCUT2D eigenvalue weighted by molar-refractivity contribution is 0.333. The van der Waals surface area contributed by atoms with E-state index < -0.39 is 0 Å². The Hall–Kier alpha value is -0.480. The smallest absolute Gasteiger partial charge is 0.256 e. The van der Waals surface area contributed by atoms with Gasteiger partial charge in [0.1, 0.15) is 5.52 Å². The number of benzene rings is 1. The molecular weight excluding hydrogens is 334 g/mol. The largest absolute Gasteiger partial charge is 0.431 e. The second-order valence-electron chi connectivity index (χ2n) is 5.78. The van der Waals surface area contributed by atoms with Crippen LogP contribution in [0.15, 0.2) is 33.9 Å². The van der Waals surface area contributed by atoms with E-state index in [0.29, 0.717) is 5.41 Å². The predicted molar refractivity (Wildman–Crippen MR) is 88.7 cm³/mol. The molecule has 0 N–H and O–H groups in total. The molecule has 0 spiro atoms. The molecule has 1 heterocycles. The second-order valence-corrected chi connectivity index (χ2v) is 7.27. The highest BCUT2D eigenvalue weighted by atomic mass is 79.9. The fourth-order valence-corrected chi connectivity index (χ4v) is 5.08. The minimum Gasteiger partial charge on any atom is -0.431 e. The number of fused-ring (bicyclic) bond motifs is 1. The molecule has 1 fully saturated rings. The predicted octanol–water partition coefficient (Wildman–Crippen LogP) is 5.66. The van der Waals surface area contributed by atoms with Gasteiger partial charge in [-0.05, 0) is 30.4 Å². The first-order valence-electron chi connectivity index (χ1n) is 7.36. The Kier molecular flexibility index (Phi) is 4.72. The maximum absolute atomic E-state index is 5.82. The fourth-order valence-electron chi connectivity index (χ4n) is 2.92. The van der Waals surface area contributed by atoms with E-state index in [1.165, 1.54) is 38.5 Å². The van der Waals surface area contributed by atoms with Gasteiger partial charge in [0.15, 0.2) is 5.58 Å². The average molecular weight is 354 g/mol. The van der Waals surface area contributed by atoms with Crippen LogP contribution in [0, 0.1) is 5.41 Å². The SMILES string of the molecule is BrCC1(CSc2nc3ccccc3o2)CCCCCC1. The third-order valence-corrected chi connectivity index (χ3v) is 6.59. The van der Waals surface area contributed by atoms with Crippen molar-refractivity contribution in [3.8, 4) is 0 Å². The fraction of sp³-hybridized carbons (Fsp3) is 0.562. The van der Waals surface area contributed by atoms with Crippen LogP contribution in [0.1, 0.15) is 38.5 Å². The molecule has 1 aliphatic carbocycles. The summed E-state index contributed by atoms with van der Waals surface area (Å²) in [5, 5.41) is 1.91. The molecule has 1 saturated carbocycles. The molecule has 20 heavy (non-hydrogen) atoms. The molecule has 0 atom stereocenters. The number of hydrogen-bond donors (Lipinski definition) is 0. The first kappa shape index (κ1) is 14.5. The Morgan fingerprint density at radius 3 is 2.60 bits per heavy atom. The van der Waals surface area contributed by atoms with Crippen LogP contribution in [0.5, 0.6) is 0 Å². The minimum absolute atomic E-state index is 0.418. The van der Waals surface area contributed by atoms with E-state index in [2.05, 4.69) is 20.9 Å². The van der Waals surface area contributed by atoms with Crippen molar-refractivity contribution in [2.45, 2.75) is 43.7 Å². The number of oxazole rings is 1. The van der Waals surface area contributed by atoms with Crippen LogP contribution in [0.4, 0.5) is 0 Å². The second kappa shape index (κ2) is 6.52. The van der Waals surface area contributed by atoms with Gasteiger partial charge in [0.2, 0.25) is 0 Å². The van der Waals surface area contributed by atoms with Gasteiger partial charge in [0.05, 0.1) is 0 Å². The molecule has 0 bridgehead atoms. The molecule has 2 nitrogen and oxygen atoms in total. The molecule has 1 aromatic carbocycles. The van der Waals surface area contributed by atoms with Crippen LogP contribution in [0.25, 0.3) is 11.1 Å². The Bertz CT molecular complexity index is 527. The monoisotopic (exact) mass is 353 g/mol. The molecular formula is C16H20BrNOS. The third-order valence-electron chi connectivity index (χ3n) is 4.22. The lowest BCUT2D eigenvalue weighted by atomic mass is 9.85. The molecule has 0 radical (unpaired) electrons. The highest BCUT2D eigenvalue weighted by Crippen LogP contribution is 2.41. The van der Waals surface area contributed by atoms with Crippen molar-refractivity contribution in [2.24, 2.45) is 5.41 Å². The van der Waals surface area contributed by atoms with Gasteiger partial charge in [-0.3, -0.25) is 0 Å². The quantitative estimate of drug-likeness (QED) is 0.403. The summed E-state index contributed by atoms with van der Waals surface area (Å²) in [7, 11) is 0. The van der Waals surface area contributed by atoms with Crippen LogP contribution in [-0.4, -0.2) is 16.1 Å². The van der Waals surface area contributed by atoms with Crippen molar-refractivity contribution in [3.05, 3.63) is 24.3 Å². The maximum Gasteiger partial charge on any atom is 0.256 e. The lowest BCUT2D eigenvalue weighted by Gasteiger charge is -2.29. The number of halogens is 1. The number of rotatable bonds is 4. The first-order valence-corrected chi connectivity index (χ1v) is 9.46. The van der Waals surface area contributed by atoms with Crippen molar-refractivity contribution in [1.29, 1.82) is 0 Å². The standard InChI is InChI=1S/C16H20BrNOS/c17-11-16(9-5-1-2-6-10-16)12-20-15-18-13-7-3-4-8-14(13)19-15/h3-4,7-8H,1-2,5-6,9-12H2. The summed E-state index contributed by atoms with van der Waals surface area (Å²) < 4.78 is 5.82. The van der Waals surface area contributed by atoms with E-state index in [0.717, 1.165) is 27.4 Å². The van der Waals surface area contributed by atoms with E-state index in [1.54, 1.807) is 11.8 Å². The molecule has 108 valence electrons. The Morgan fingerprint density at radius 2 is 1.90 bits per heavy atom. The van der Waals surface area contributed by atoms with Crippen molar-refractivity contribution >= 4 is 38.8 Å². The van der Waals surface area contributed by atoms with Crippen LogP contribution in [0.2, 0.25) is 0 Å². The summed E-state index contributed by atoms with van der Waals surface area (Å²) in [6.07, 6.45) is 8.15. The number of thioether (sulfide) groups is 1. The van der Waals surface area contributed by atoms with Crippen LogP contribution in [-0.2, 0) is 0 Å². The number of nitrogens with zero attached hydrogens (tertiary/aromatic N) is 1. The average Bonchev–Trinajstić information content (AvgIpc) is 2.75. The molecule has 0 aliphatic heterocycles. The third kappa shape index (κ3) is 3.22. The van der Waals surface area contributed by atoms with E-state index >= 15 is 0 Å². The Balaban J connectivity index is 1.70. The molecule has 1 aliphatic rings. The highest BCUT2D eigenvalue weighted by molar-refractivity contribution is 9.09. The first-order chi connectivity index (χ1) is 9.81. The summed E-state index contributed by atoms with van der Waals surface area (Å²) in [6, 6.07) is 7.99. The topological polar surface area (TPSA) is 26.0 Å².